The Labute approximate surface area is 167 Å². The van der Waals surface area contributed by atoms with E-state index in [4.69, 9.17) is 0 Å². The molecule has 1 heterocycles. The van der Waals surface area contributed by atoms with Crippen LogP contribution in [0.5, 0.6) is 0 Å². The van der Waals surface area contributed by atoms with Gasteiger partial charge in [-0.05, 0) is 6.92 Å². The highest BCUT2D eigenvalue weighted by Crippen LogP contribution is 2.16. The van der Waals surface area contributed by atoms with Crippen LogP contribution in [0.1, 0.15) is 6.92 Å². The molecular weight excluding hydrogens is 392 g/mol. The average molecular weight is 422 g/mol. The van der Waals surface area contributed by atoms with Crippen molar-refractivity contribution in [1.29, 1.82) is 0 Å². The van der Waals surface area contributed by atoms with E-state index in [2.05, 4.69) is 0 Å². The Balaban J connectivity index is 3.22. The minimum atomic E-state index is -1.46. The molecule has 1 rings (SSSR count). The fraction of sp³-hybridized carbons (Fsp3) is 0.812. The first-order chi connectivity index (χ1) is 13.6. The lowest BCUT2D eigenvalue weighted by Gasteiger charge is -2.43. The molecule has 0 aromatic heterocycles. The molecule has 0 bridgehead atoms. The minimum absolute atomic E-state index is 0.0110. The second-order valence-corrected chi connectivity index (χ2v) is 7.01. The van der Waals surface area contributed by atoms with Gasteiger partial charge in [0.25, 0.3) is 0 Å². The van der Waals surface area contributed by atoms with Gasteiger partial charge < -0.3 is 45.3 Å². The highest BCUT2D eigenvalue weighted by atomic mass is 16.4. The van der Waals surface area contributed by atoms with Gasteiger partial charge in [0, 0.05) is 51.9 Å². The number of nitrogens with zero attached hydrogens (tertiary/aromatic N) is 4. The van der Waals surface area contributed by atoms with Crippen molar-refractivity contribution in [3.8, 4) is 0 Å². The van der Waals surface area contributed by atoms with E-state index in [0.717, 1.165) is 14.7 Å². The van der Waals surface area contributed by atoms with Gasteiger partial charge in [-0.1, -0.05) is 0 Å². The second kappa shape index (κ2) is 11.0. The van der Waals surface area contributed by atoms with Gasteiger partial charge in [0.15, 0.2) is 0 Å². The van der Waals surface area contributed by atoms with E-state index < -0.39 is 49.7 Å². The van der Waals surface area contributed by atoms with E-state index in [1.807, 2.05) is 0 Å². The van der Waals surface area contributed by atoms with Crippen LogP contribution in [0, 0.1) is 0 Å². The van der Waals surface area contributed by atoms with Crippen LogP contribution in [-0.2, 0) is 0 Å². The first-order valence-corrected chi connectivity index (χ1v) is 9.14. The van der Waals surface area contributed by atoms with Crippen LogP contribution < -0.4 is 0 Å². The standard InChI is InChI=1S/C16H30N4O9/c1-12-8-18(14(26)27)3-2-17(13(24)25)4-5-19(6-7-20(12)15(28)29)16(9-21,10-22)11-23/h12,21-23H,2-11H2,1H3,(H,24,25)(H,26,27)(H,28,29). The van der Waals surface area contributed by atoms with E-state index >= 15 is 0 Å². The van der Waals surface area contributed by atoms with Crippen molar-refractivity contribution >= 4 is 18.3 Å². The van der Waals surface area contributed by atoms with Gasteiger partial charge in [-0.2, -0.15) is 0 Å². The smallest absolute Gasteiger partial charge is 0.407 e. The zero-order valence-corrected chi connectivity index (χ0v) is 16.3. The molecule has 13 heteroatoms. The van der Waals surface area contributed by atoms with Gasteiger partial charge in [-0.25, -0.2) is 14.4 Å². The molecule has 29 heavy (non-hydrogen) atoms. The Kier molecular flexibility index (Phi) is 9.36. The van der Waals surface area contributed by atoms with Crippen LogP contribution in [0.2, 0.25) is 0 Å². The number of aliphatic hydroxyl groups excluding tert-OH is 3. The first-order valence-electron chi connectivity index (χ1n) is 9.14. The van der Waals surface area contributed by atoms with E-state index in [-0.39, 0.29) is 45.8 Å². The van der Waals surface area contributed by atoms with Crippen LogP contribution in [-0.4, -0.2) is 146 Å². The normalized spacial score (nSPS) is 20.7. The molecule has 1 fully saturated rings. The largest absolute Gasteiger partial charge is 0.465 e. The van der Waals surface area contributed by atoms with Crippen LogP contribution in [0.15, 0.2) is 0 Å². The number of aliphatic hydroxyl groups is 3. The third kappa shape index (κ3) is 6.32. The summed E-state index contributed by atoms with van der Waals surface area (Å²) in [4.78, 5) is 39.1. The second-order valence-electron chi connectivity index (χ2n) is 7.01. The Morgan fingerprint density at radius 3 is 1.66 bits per heavy atom. The number of carbonyl (C=O) groups is 3. The Hall–Kier alpha value is -2.35. The maximum atomic E-state index is 11.7. The molecule has 0 saturated carbocycles. The Morgan fingerprint density at radius 2 is 1.21 bits per heavy atom. The van der Waals surface area contributed by atoms with Gasteiger partial charge >= 0.3 is 18.3 Å². The van der Waals surface area contributed by atoms with E-state index in [1.165, 1.54) is 11.8 Å². The van der Waals surface area contributed by atoms with Crippen molar-refractivity contribution in [2.45, 2.75) is 18.5 Å². The molecule has 6 N–H and O–H groups in total. The lowest BCUT2D eigenvalue weighted by molar-refractivity contribution is -0.0540. The zero-order chi connectivity index (χ0) is 22.2. The van der Waals surface area contributed by atoms with Crippen molar-refractivity contribution in [2.24, 2.45) is 0 Å². The average Bonchev–Trinajstić information content (AvgIpc) is 2.66. The summed E-state index contributed by atoms with van der Waals surface area (Å²) in [5.74, 6) is 0. The molecule has 1 atom stereocenters. The van der Waals surface area contributed by atoms with Gasteiger partial charge in [-0.3, -0.25) is 4.90 Å². The van der Waals surface area contributed by atoms with Crippen LogP contribution >= 0.6 is 0 Å². The molecule has 0 aromatic carbocycles. The minimum Gasteiger partial charge on any atom is -0.465 e. The van der Waals surface area contributed by atoms with Crippen molar-refractivity contribution in [1.82, 2.24) is 19.6 Å². The predicted molar refractivity (Wildman–Crippen MR) is 98.9 cm³/mol. The molecule has 0 spiro atoms. The number of amides is 3. The summed E-state index contributed by atoms with van der Waals surface area (Å²) in [6, 6.07) is -0.727. The van der Waals surface area contributed by atoms with E-state index in [1.54, 1.807) is 0 Å². The highest BCUT2D eigenvalue weighted by molar-refractivity contribution is 5.67. The number of carboxylic acid groups (broad SMARTS) is 3. The fourth-order valence-corrected chi connectivity index (χ4v) is 3.24. The van der Waals surface area contributed by atoms with Crippen LogP contribution in [0.25, 0.3) is 0 Å². The lowest BCUT2D eigenvalue weighted by atomic mass is 10.00. The molecule has 0 aromatic rings. The van der Waals surface area contributed by atoms with Gasteiger partial charge in [0.2, 0.25) is 0 Å². The number of hydrogen-bond acceptors (Lipinski definition) is 7. The molecule has 168 valence electrons. The SMILES string of the molecule is CC1CN(C(=O)O)CCN(C(=O)O)CCN(C(CO)(CO)CO)CCN1C(=O)O. The summed E-state index contributed by atoms with van der Waals surface area (Å²) in [5, 5.41) is 57.4. The summed E-state index contributed by atoms with van der Waals surface area (Å²) in [6.07, 6.45) is -3.82. The summed E-state index contributed by atoms with van der Waals surface area (Å²) in [7, 11) is 0. The number of rotatable bonds is 4. The molecule has 13 nitrogen and oxygen atoms in total. The Morgan fingerprint density at radius 1 is 0.759 bits per heavy atom. The topological polar surface area (TPSA) is 186 Å². The zero-order valence-electron chi connectivity index (χ0n) is 16.3. The molecule has 3 amide bonds. The molecule has 0 aliphatic carbocycles. The monoisotopic (exact) mass is 422 g/mol. The van der Waals surface area contributed by atoms with E-state index in [0.29, 0.717) is 0 Å². The fourth-order valence-electron chi connectivity index (χ4n) is 3.24. The molecule has 1 saturated heterocycles. The lowest BCUT2D eigenvalue weighted by Crippen LogP contribution is -2.61. The molecular formula is C16H30N4O9. The first kappa shape index (κ1) is 24.7. The quantitative estimate of drug-likeness (QED) is 0.306. The summed E-state index contributed by atoms with van der Waals surface area (Å²) < 4.78 is 0. The highest BCUT2D eigenvalue weighted by Gasteiger charge is 2.37. The number of hydrogen-bond donors (Lipinski definition) is 6. The summed E-state index contributed by atoms with van der Waals surface area (Å²) >= 11 is 0. The van der Waals surface area contributed by atoms with Crippen molar-refractivity contribution in [3.05, 3.63) is 0 Å². The summed E-state index contributed by atoms with van der Waals surface area (Å²) in [5.41, 5.74) is -1.46. The predicted octanol–water partition coefficient (Wildman–Crippen LogP) is -1.65. The van der Waals surface area contributed by atoms with E-state index in [9.17, 15) is 45.0 Å². The third-order valence-corrected chi connectivity index (χ3v) is 5.25. The van der Waals surface area contributed by atoms with Crippen LogP contribution in [0.4, 0.5) is 14.4 Å². The molecule has 0 radical (unpaired) electrons. The maximum Gasteiger partial charge on any atom is 0.407 e. The van der Waals surface area contributed by atoms with Gasteiger partial charge in [-0.15, -0.1) is 0 Å². The molecule has 1 unspecified atom stereocenters. The third-order valence-electron chi connectivity index (χ3n) is 5.25. The Bertz CT molecular complexity index is 564. The van der Waals surface area contributed by atoms with Crippen molar-refractivity contribution < 1.29 is 45.0 Å². The molecule has 1 aliphatic heterocycles. The van der Waals surface area contributed by atoms with Crippen molar-refractivity contribution in [3.63, 3.8) is 0 Å². The van der Waals surface area contributed by atoms with Gasteiger partial charge in [0.1, 0.15) is 0 Å². The van der Waals surface area contributed by atoms with Crippen LogP contribution in [0.3, 0.4) is 0 Å². The van der Waals surface area contributed by atoms with Crippen molar-refractivity contribution in [2.75, 3.05) is 65.6 Å². The maximum absolute atomic E-state index is 11.7. The summed E-state index contributed by atoms with van der Waals surface area (Å²) in [6.45, 7) is -0.988. The van der Waals surface area contributed by atoms with Gasteiger partial charge in [0.05, 0.1) is 25.4 Å². The molecule has 1 aliphatic rings.